The van der Waals surface area contributed by atoms with Gasteiger partial charge in [0.1, 0.15) is 17.2 Å². The van der Waals surface area contributed by atoms with Crippen LogP contribution in [0.1, 0.15) is 15.9 Å². The van der Waals surface area contributed by atoms with Gasteiger partial charge < -0.3 is 5.32 Å². The highest BCUT2D eigenvalue weighted by atomic mass is 19.1. The lowest BCUT2D eigenvalue weighted by Gasteiger charge is -2.11. The zero-order valence-corrected chi connectivity index (χ0v) is 18.5. The number of aromatic nitrogens is 4. The molecule has 0 bridgehead atoms. The van der Waals surface area contributed by atoms with E-state index in [9.17, 15) is 13.6 Å². The average molecular weight is 467 g/mol. The first kappa shape index (κ1) is 22.2. The molecule has 2 aromatic carbocycles. The van der Waals surface area contributed by atoms with Crippen molar-refractivity contribution in [3.63, 3.8) is 0 Å². The van der Waals surface area contributed by atoms with E-state index in [4.69, 9.17) is 4.98 Å². The zero-order valence-electron chi connectivity index (χ0n) is 18.5. The highest BCUT2D eigenvalue weighted by molar-refractivity contribution is 5.97. The van der Waals surface area contributed by atoms with Crippen molar-refractivity contribution in [2.75, 3.05) is 6.54 Å². The van der Waals surface area contributed by atoms with Gasteiger partial charge in [0, 0.05) is 36.3 Å². The topological polar surface area (TPSA) is 80.7 Å². The molecule has 5 rings (SSSR count). The van der Waals surface area contributed by atoms with Crippen LogP contribution in [-0.2, 0) is 6.42 Å². The summed E-state index contributed by atoms with van der Waals surface area (Å²) in [6, 6.07) is 17.2. The van der Waals surface area contributed by atoms with Crippen molar-refractivity contribution in [1.82, 2.24) is 25.3 Å². The predicted molar refractivity (Wildman–Crippen MR) is 128 cm³/mol. The van der Waals surface area contributed by atoms with E-state index in [0.717, 1.165) is 5.56 Å². The Morgan fingerprint density at radius 3 is 2.03 bits per heavy atom. The van der Waals surface area contributed by atoms with Gasteiger partial charge in [0.05, 0.1) is 17.0 Å². The zero-order chi connectivity index (χ0) is 24.2. The van der Waals surface area contributed by atoms with Crippen LogP contribution in [-0.4, -0.2) is 32.4 Å². The van der Waals surface area contributed by atoms with E-state index in [1.165, 1.54) is 30.5 Å². The summed E-state index contributed by atoms with van der Waals surface area (Å²) in [6.45, 7) is 0.455. The molecule has 1 amide bonds. The van der Waals surface area contributed by atoms with Crippen molar-refractivity contribution in [2.45, 2.75) is 6.42 Å². The molecule has 0 unspecified atom stereocenters. The first-order valence-electron chi connectivity index (χ1n) is 10.9. The van der Waals surface area contributed by atoms with Crippen molar-refractivity contribution in [2.24, 2.45) is 0 Å². The highest BCUT2D eigenvalue weighted by Gasteiger charge is 2.16. The third-order valence-corrected chi connectivity index (χ3v) is 5.47. The fourth-order valence-electron chi connectivity index (χ4n) is 3.66. The molecule has 172 valence electrons. The summed E-state index contributed by atoms with van der Waals surface area (Å²) in [6.07, 6.45) is 5.54. The molecule has 3 heterocycles. The number of amides is 1. The van der Waals surface area contributed by atoms with Gasteiger partial charge in [0.2, 0.25) is 0 Å². The number of carbonyl (C=O) groups excluding carboxylic acids is 1. The maximum Gasteiger partial charge on any atom is 0.252 e. The molecule has 3 aromatic heterocycles. The van der Waals surface area contributed by atoms with Gasteiger partial charge in [0.25, 0.3) is 5.91 Å². The molecule has 0 radical (unpaired) electrons. The van der Waals surface area contributed by atoms with Crippen LogP contribution in [0.25, 0.3) is 33.7 Å². The molecule has 0 aliphatic rings. The summed E-state index contributed by atoms with van der Waals surface area (Å²) in [4.78, 5) is 30.4. The normalized spacial score (nSPS) is 10.9. The van der Waals surface area contributed by atoms with Crippen molar-refractivity contribution >= 4 is 17.1 Å². The molecule has 1 N–H and O–H groups in total. The third-order valence-electron chi connectivity index (χ3n) is 5.47. The van der Waals surface area contributed by atoms with E-state index >= 15 is 0 Å². The summed E-state index contributed by atoms with van der Waals surface area (Å²) in [5.74, 6) is -1.03. The molecular weight excluding hydrogens is 448 g/mol. The molecule has 0 spiro atoms. The number of hydrogen-bond acceptors (Lipinski definition) is 5. The molecular formula is C27H19F2N5O. The molecule has 0 aliphatic carbocycles. The van der Waals surface area contributed by atoms with Crippen LogP contribution in [0.4, 0.5) is 8.78 Å². The second-order valence-electron chi connectivity index (χ2n) is 7.86. The molecule has 0 fully saturated rings. The Morgan fingerprint density at radius 2 is 1.40 bits per heavy atom. The number of carbonyl (C=O) groups is 1. The van der Waals surface area contributed by atoms with E-state index in [1.807, 2.05) is 12.1 Å². The summed E-state index contributed by atoms with van der Waals surface area (Å²) in [5, 5.41) is 2.88. The predicted octanol–water partition coefficient (Wildman–Crippen LogP) is 5.00. The quantitative estimate of drug-likeness (QED) is 0.380. The number of rotatable bonds is 6. The first-order chi connectivity index (χ1) is 17.1. The van der Waals surface area contributed by atoms with Crippen molar-refractivity contribution in [1.29, 1.82) is 0 Å². The second kappa shape index (κ2) is 9.72. The Hall–Kier alpha value is -4.59. The minimum absolute atomic E-state index is 0.277. The van der Waals surface area contributed by atoms with Crippen LogP contribution in [0.2, 0.25) is 0 Å². The van der Waals surface area contributed by atoms with E-state index in [0.29, 0.717) is 52.2 Å². The van der Waals surface area contributed by atoms with Gasteiger partial charge in [-0.05, 0) is 78.7 Å². The molecule has 0 aliphatic heterocycles. The first-order valence-corrected chi connectivity index (χ1v) is 10.9. The van der Waals surface area contributed by atoms with E-state index in [1.54, 1.807) is 42.7 Å². The standard InChI is InChI=1S/C27H19F2N5O/c28-21-5-1-18(2-6-21)24-25(19-3-7-22(29)8-4-19)34-26-23(33-24)15-20(16-32-26)27(35)31-14-11-17-9-12-30-13-10-17/h1-10,12-13,15-16H,11,14H2,(H,31,35). The number of hydrogen-bond donors (Lipinski definition) is 1. The van der Waals surface area contributed by atoms with Crippen molar-refractivity contribution < 1.29 is 13.6 Å². The largest absolute Gasteiger partial charge is 0.352 e. The Bertz CT molecular complexity index is 1490. The minimum atomic E-state index is -0.377. The summed E-state index contributed by atoms with van der Waals surface area (Å²) in [7, 11) is 0. The van der Waals surface area contributed by atoms with Crippen LogP contribution in [0, 0.1) is 11.6 Å². The third kappa shape index (κ3) is 5.01. The highest BCUT2D eigenvalue weighted by Crippen LogP contribution is 2.31. The summed E-state index contributed by atoms with van der Waals surface area (Å²) < 4.78 is 27.0. The number of halogens is 2. The van der Waals surface area contributed by atoms with Crippen molar-refractivity contribution in [3.05, 3.63) is 108 Å². The lowest BCUT2D eigenvalue weighted by Crippen LogP contribution is -2.25. The Balaban J connectivity index is 1.49. The fraction of sp³-hybridized carbons (Fsp3) is 0.0741. The molecule has 8 heteroatoms. The van der Waals surface area contributed by atoms with Crippen LogP contribution in [0.15, 0.2) is 85.3 Å². The van der Waals surface area contributed by atoms with Gasteiger partial charge in [-0.1, -0.05) is 0 Å². The number of fused-ring (bicyclic) bond motifs is 1. The number of pyridine rings is 2. The minimum Gasteiger partial charge on any atom is -0.352 e. The lowest BCUT2D eigenvalue weighted by molar-refractivity contribution is 0.0954. The average Bonchev–Trinajstić information content (AvgIpc) is 2.89. The maximum absolute atomic E-state index is 13.5. The van der Waals surface area contributed by atoms with E-state index in [-0.39, 0.29) is 17.5 Å². The van der Waals surface area contributed by atoms with Crippen molar-refractivity contribution in [3.8, 4) is 22.5 Å². The number of nitrogens with zero attached hydrogens (tertiary/aromatic N) is 4. The monoisotopic (exact) mass is 467 g/mol. The van der Waals surface area contributed by atoms with Gasteiger partial charge in [-0.3, -0.25) is 9.78 Å². The van der Waals surface area contributed by atoms with Gasteiger partial charge in [-0.2, -0.15) is 0 Å². The van der Waals surface area contributed by atoms with Gasteiger partial charge in [0.15, 0.2) is 5.65 Å². The maximum atomic E-state index is 13.5. The Labute approximate surface area is 199 Å². The SMILES string of the molecule is O=C(NCCc1ccncc1)c1cnc2nc(-c3ccc(F)cc3)c(-c3ccc(F)cc3)nc2c1. The van der Waals surface area contributed by atoms with Gasteiger partial charge in [-0.15, -0.1) is 0 Å². The lowest BCUT2D eigenvalue weighted by atomic mass is 10.0. The number of benzene rings is 2. The molecule has 6 nitrogen and oxygen atoms in total. The number of nitrogens with one attached hydrogen (secondary N) is 1. The van der Waals surface area contributed by atoms with Crippen LogP contribution < -0.4 is 5.32 Å². The molecule has 0 saturated heterocycles. The Morgan fingerprint density at radius 1 is 0.800 bits per heavy atom. The van der Waals surface area contributed by atoms with Crippen LogP contribution in [0.3, 0.4) is 0 Å². The fourth-order valence-corrected chi connectivity index (χ4v) is 3.66. The Kier molecular flexibility index (Phi) is 6.17. The summed E-state index contributed by atoms with van der Waals surface area (Å²) >= 11 is 0. The molecule has 0 atom stereocenters. The smallest absolute Gasteiger partial charge is 0.252 e. The van der Waals surface area contributed by atoms with Crippen LogP contribution in [0.5, 0.6) is 0 Å². The molecule has 0 saturated carbocycles. The van der Waals surface area contributed by atoms with Crippen LogP contribution >= 0.6 is 0 Å². The van der Waals surface area contributed by atoms with Gasteiger partial charge >= 0.3 is 0 Å². The second-order valence-corrected chi connectivity index (χ2v) is 7.86. The molecule has 5 aromatic rings. The van der Waals surface area contributed by atoms with E-state index in [2.05, 4.69) is 20.3 Å². The van der Waals surface area contributed by atoms with Gasteiger partial charge in [-0.25, -0.2) is 23.7 Å². The summed E-state index contributed by atoms with van der Waals surface area (Å²) in [5.41, 5.74) is 4.39. The molecule has 35 heavy (non-hydrogen) atoms. The van der Waals surface area contributed by atoms with E-state index < -0.39 is 0 Å².